The van der Waals surface area contributed by atoms with Crippen LogP contribution in [0.2, 0.25) is 0 Å². The standard InChI is InChI=1S/C13H24N2O3/c1-3-9(2)11(12(17)18)15-10(16)7-13(8-14)5-4-6-13/h9,11H,3-8,14H2,1-2H3,(H,15,16)(H,17,18)/t9?,11-/m0/s1. The molecule has 4 N–H and O–H groups in total. The average Bonchev–Trinajstić information content (AvgIpc) is 2.29. The summed E-state index contributed by atoms with van der Waals surface area (Å²) < 4.78 is 0. The highest BCUT2D eigenvalue weighted by Gasteiger charge is 2.38. The Morgan fingerprint density at radius 1 is 1.44 bits per heavy atom. The minimum absolute atomic E-state index is 0.0679. The lowest BCUT2D eigenvalue weighted by Gasteiger charge is -2.40. The van der Waals surface area contributed by atoms with Gasteiger partial charge in [0.05, 0.1) is 0 Å². The van der Waals surface area contributed by atoms with Gasteiger partial charge in [0.2, 0.25) is 5.91 Å². The van der Waals surface area contributed by atoms with Crippen molar-refractivity contribution in [2.45, 2.75) is 52.0 Å². The van der Waals surface area contributed by atoms with Gasteiger partial charge in [0.25, 0.3) is 0 Å². The van der Waals surface area contributed by atoms with E-state index in [9.17, 15) is 9.59 Å². The lowest BCUT2D eigenvalue weighted by Crippen LogP contribution is -2.48. The van der Waals surface area contributed by atoms with Crippen LogP contribution in [-0.4, -0.2) is 29.6 Å². The first-order valence-electron chi connectivity index (χ1n) is 6.66. The van der Waals surface area contributed by atoms with E-state index < -0.39 is 12.0 Å². The Labute approximate surface area is 108 Å². The number of nitrogens with one attached hydrogen (secondary N) is 1. The lowest BCUT2D eigenvalue weighted by atomic mass is 9.66. The van der Waals surface area contributed by atoms with Crippen molar-refractivity contribution in [2.75, 3.05) is 6.54 Å². The third kappa shape index (κ3) is 3.45. The number of hydrogen-bond donors (Lipinski definition) is 3. The zero-order chi connectivity index (χ0) is 13.8. The van der Waals surface area contributed by atoms with E-state index in [0.717, 1.165) is 25.7 Å². The summed E-state index contributed by atoms with van der Waals surface area (Å²) >= 11 is 0. The Hall–Kier alpha value is -1.10. The van der Waals surface area contributed by atoms with E-state index >= 15 is 0 Å². The Balaban J connectivity index is 2.53. The Kier molecular flexibility index (Phi) is 5.14. The molecule has 1 unspecified atom stereocenters. The second-order valence-electron chi connectivity index (χ2n) is 5.50. The van der Waals surface area contributed by atoms with Crippen LogP contribution >= 0.6 is 0 Å². The molecular weight excluding hydrogens is 232 g/mol. The van der Waals surface area contributed by atoms with Crippen molar-refractivity contribution < 1.29 is 14.7 Å². The first-order chi connectivity index (χ1) is 8.44. The Morgan fingerprint density at radius 3 is 2.39 bits per heavy atom. The molecule has 0 bridgehead atoms. The number of rotatable bonds is 7. The first-order valence-corrected chi connectivity index (χ1v) is 6.66. The maximum atomic E-state index is 11.9. The first kappa shape index (κ1) is 15.0. The molecule has 5 nitrogen and oxygen atoms in total. The fourth-order valence-corrected chi connectivity index (χ4v) is 2.38. The van der Waals surface area contributed by atoms with E-state index in [-0.39, 0.29) is 17.2 Å². The molecule has 1 saturated carbocycles. The van der Waals surface area contributed by atoms with Crippen LogP contribution in [0, 0.1) is 11.3 Å². The summed E-state index contributed by atoms with van der Waals surface area (Å²) in [5, 5.41) is 11.7. The monoisotopic (exact) mass is 256 g/mol. The SMILES string of the molecule is CCC(C)[C@H](NC(=O)CC1(CN)CCC1)C(=O)O. The van der Waals surface area contributed by atoms with Gasteiger partial charge in [0.15, 0.2) is 0 Å². The van der Waals surface area contributed by atoms with Crippen molar-refractivity contribution in [2.24, 2.45) is 17.1 Å². The van der Waals surface area contributed by atoms with Crippen LogP contribution in [0.3, 0.4) is 0 Å². The summed E-state index contributed by atoms with van der Waals surface area (Å²) in [6.45, 7) is 4.25. The molecule has 0 aromatic heterocycles. The van der Waals surface area contributed by atoms with Crippen LogP contribution in [0.1, 0.15) is 46.0 Å². The van der Waals surface area contributed by atoms with Crippen molar-refractivity contribution >= 4 is 11.9 Å². The average molecular weight is 256 g/mol. The molecule has 0 radical (unpaired) electrons. The zero-order valence-electron chi connectivity index (χ0n) is 11.2. The predicted molar refractivity (Wildman–Crippen MR) is 69.0 cm³/mol. The predicted octanol–water partition coefficient (Wildman–Crippen LogP) is 1.12. The van der Waals surface area contributed by atoms with Gasteiger partial charge in [-0.1, -0.05) is 26.7 Å². The van der Waals surface area contributed by atoms with Gasteiger partial charge in [0, 0.05) is 6.42 Å². The molecule has 0 spiro atoms. The summed E-state index contributed by atoms with van der Waals surface area (Å²) in [6.07, 6.45) is 4.12. The summed E-state index contributed by atoms with van der Waals surface area (Å²) in [6, 6.07) is -0.794. The van der Waals surface area contributed by atoms with E-state index in [1.807, 2.05) is 13.8 Å². The highest BCUT2D eigenvalue weighted by molar-refractivity contribution is 5.84. The van der Waals surface area contributed by atoms with Gasteiger partial charge in [-0.15, -0.1) is 0 Å². The number of hydrogen-bond acceptors (Lipinski definition) is 3. The number of amides is 1. The number of aliphatic carboxylic acids is 1. The van der Waals surface area contributed by atoms with E-state index in [1.54, 1.807) is 0 Å². The molecule has 0 aliphatic heterocycles. The number of nitrogens with two attached hydrogens (primary N) is 1. The molecule has 0 heterocycles. The summed E-state index contributed by atoms with van der Waals surface area (Å²) in [5.41, 5.74) is 5.62. The quantitative estimate of drug-likeness (QED) is 0.636. The molecular formula is C13H24N2O3. The largest absolute Gasteiger partial charge is 0.480 e. The molecule has 1 amide bonds. The minimum atomic E-state index is -0.965. The zero-order valence-corrected chi connectivity index (χ0v) is 11.2. The van der Waals surface area contributed by atoms with Crippen molar-refractivity contribution in [3.8, 4) is 0 Å². The van der Waals surface area contributed by atoms with Crippen LogP contribution in [0.4, 0.5) is 0 Å². The van der Waals surface area contributed by atoms with Crippen molar-refractivity contribution in [1.82, 2.24) is 5.32 Å². The number of carboxylic acids is 1. The molecule has 1 rings (SSSR count). The van der Waals surface area contributed by atoms with Crippen LogP contribution < -0.4 is 11.1 Å². The van der Waals surface area contributed by atoms with Crippen LogP contribution in [0.25, 0.3) is 0 Å². The van der Waals surface area contributed by atoms with E-state index in [1.165, 1.54) is 0 Å². The molecule has 5 heteroatoms. The summed E-state index contributed by atoms with van der Waals surface area (Å²) in [7, 11) is 0. The molecule has 0 aromatic rings. The maximum Gasteiger partial charge on any atom is 0.326 e. The molecule has 0 aromatic carbocycles. The Bertz CT molecular complexity index is 308. The van der Waals surface area contributed by atoms with Crippen molar-refractivity contribution in [1.29, 1.82) is 0 Å². The normalized spacial score (nSPS) is 20.6. The molecule has 1 aliphatic carbocycles. The third-order valence-electron chi connectivity index (χ3n) is 4.18. The minimum Gasteiger partial charge on any atom is -0.480 e. The molecule has 2 atom stereocenters. The van der Waals surface area contributed by atoms with Gasteiger partial charge in [-0.25, -0.2) is 4.79 Å². The maximum absolute atomic E-state index is 11.9. The van der Waals surface area contributed by atoms with Gasteiger partial charge in [-0.05, 0) is 30.7 Å². The lowest BCUT2D eigenvalue weighted by molar-refractivity contribution is -0.144. The topological polar surface area (TPSA) is 92.4 Å². The van der Waals surface area contributed by atoms with E-state index in [0.29, 0.717) is 13.0 Å². The molecule has 1 fully saturated rings. The summed E-state index contributed by atoms with van der Waals surface area (Å²) in [4.78, 5) is 23.0. The number of carbonyl (C=O) groups is 2. The number of carbonyl (C=O) groups excluding carboxylic acids is 1. The van der Waals surface area contributed by atoms with Crippen LogP contribution in [0.5, 0.6) is 0 Å². The fraction of sp³-hybridized carbons (Fsp3) is 0.846. The Morgan fingerprint density at radius 2 is 2.06 bits per heavy atom. The second kappa shape index (κ2) is 6.18. The second-order valence-corrected chi connectivity index (χ2v) is 5.50. The van der Waals surface area contributed by atoms with Gasteiger partial charge in [-0.2, -0.15) is 0 Å². The van der Waals surface area contributed by atoms with Gasteiger partial charge in [-0.3, -0.25) is 4.79 Å². The molecule has 0 saturated heterocycles. The smallest absolute Gasteiger partial charge is 0.326 e. The van der Waals surface area contributed by atoms with Gasteiger partial charge < -0.3 is 16.2 Å². The van der Waals surface area contributed by atoms with Crippen molar-refractivity contribution in [3.63, 3.8) is 0 Å². The molecule has 18 heavy (non-hydrogen) atoms. The number of carboxylic acid groups (broad SMARTS) is 1. The highest BCUT2D eigenvalue weighted by atomic mass is 16.4. The fourth-order valence-electron chi connectivity index (χ4n) is 2.38. The van der Waals surface area contributed by atoms with Crippen molar-refractivity contribution in [3.05, 3.63) is 0 Å². The van der Waals surface area contributed by atoms with Crippen LogP contribution in [-0.2, 0) is 9.59 Å². The molecule has 1 aliphatic rings. The van der Waals surface area contributed by atoms with Gasteiger partial charge >= 0.3 is 5.97 Å². The molecule has 104 valence electrons. The summed E-state index contributed by atoms with van der Waals surface area (Å²) in [5.74, 6) is -1.22. The third-order valence-corrected chi connectivity index (χ3v) is 4.18. The van der Waals surface area contributed by atoms with E-state index in [4.69, 9.17) is 10.8 Å². The van der Waals surface area contributed by atoms with E-state index in [2.05, 4.69) is 5.32 Å². The van der Waals surface area contributed by atoms with Crippen LogP contribution in [0.15, 0.2) is 0 Å². The highest BCUT2D eigenvalue weighted by Crippen LogP contribution is 2.42. The van der Waals surface area contributed by atoms with Gasteiger partial charge in [0.1, 0.15) is 6.04 Å².